The fourth-order valence-electron chi connectivity index (χ4n) is 5.24. The van der Waals surface area contributed by atoms with Gasteiger partial charge < -0.3 is 45.4 Å². The number of ether oxygens (including phenoxy) is 2. The molecule has 10 heteroatoms. The van der Waals surface area contributed by atoms with Crippen LogP contribution in [0.2, 0.25) is 0 Å². The number of allylic oxidation sites excluding steroid dienone is 5. The van der Waals surface area contributed by atoms with Crippen molar-refractivity contribution >= 4 is 5.91 Å². The number of hydrogen-bond acceptors (Lipinski definition) is 9. The van der Waals surface area contributed by atoms with Gasteiger partial charge in [0.15, 0.2) is 6.29 Å². The SMILES string of the molecule is CCCCCC/C=C\CCC(O)C(=O)NC(COC1OC(CO)C(O)C(O)C1O)C(O)/C=C/CC/C=C/CCCCCCCCC. The Balaban J connectivity index is 2.64. The van der Waals surface area contributed by atoms with Crippen molar-refractivity contribution in [1.82, 2.24) is 5.32 Å². The largest absolute Gasteiger partial charge is 0.394 e. The molecule has 7 N–H and O–H groups in total. The molecule has 1 saturated heterocycles. The molecule has 0 radical (unpaired) electrons. The number of rotatable bonds is 27. The van der Waals surface area contributed by atoms with Crippen LogP contribution in [-0.2, 0) is 14.3 Å². The lowest BCUT2D eigenvalue weighted by Gasteiger charge is -2.40. The summed E-state index contributed by atoms with van der Waals surface area (Å²) in [6, 6.07) is -1.01. The third-order valence-corrected chi connectivity index (χ3v) is 8.30. The van der Waals surface area contributed by atoms with Crippen LogP contribution in [0, 0.1) is 0 Å². The summed E-state index contributed by atoms with van der Waals surface area (Å²) < 4.78 is 11.0. The van der Waals surface area contributed by atoms with Gasteiger partial charge in [-0.05, 0) is 51.4 Å². The van der Waals surface area contributed by atoms with Crippen LogP contribution in [0.25, 0.3) is 0 Å². The maximum Gasteiger partial charge on any atom is 0.249 e. The summed E-state index contributed by atoms with van der Waals surface area (Å²) in [5.74, 6) is -0.667. The van der Waals surface area contributed by atoms with Crippen molar-refractivity contribution in [2.75, 3.05) is 13.2 Å². The number of aliphatic hydroxyl groups excluding tert-OH is 6. The molecule has 0 saturated carbocycles. The number of carbonyl (C=O) groups excluding carboxylic acids is 1. The first-order valence-corrected chi connectivity index (χ1v) is 17.8. The van der Waals surface area contributed by atoms with Crippen LogP contribution in [0.4, 0.5) is 0 Å². The topological polar surface area (TPSA) is 169 Å². The molecule has 1 aliphatic heterocycles. The van der Waals surface area contributed by atoms with Crippen molar-refractivity contribution in [3.05, 3.63) is 36.5 Å². The van der Waals surface area contributed by atoms with Gasteiger partial charge in [0.1, 0.15) is 30.5 Å². The molecule has 0 aliphatic carbocycles. The van der Waals surface area contributed by atoms with Crippen LogP contribution in [0.1, 0.15) is 123 Å². The lowest BCUT2D eigenvalue weighted by molar-refractivity contribution is -0.302. The zero-order valence-electron chi connectivity index (χ0n) is 28.4. The van der Waals surface area contributed by atoms with Gasteiger partial charge in [0.25, 0.3) is 0 Å². The minimum atomic E-state index is -1.62. The highest BCUT2D eigenvalue weighted by Gasteiger charge is 2.44. The normalized spacial score (nSPS) is 24.2. The van der Waals surface area contributed by atoms with Crippen molar-refractivity contribution < 1.29 is 44.9 Å². The van der Waals surface area contributed by atoms with E-state index in [1.54, 1.807) is 6.08 Å². The number of aliphatic hydroxyl groups is 6. The van der Waals surface area contributed by atoms with E-state index in [0.717, 1.165) is 25.7 Å². The van der Waals surface area contributed by atoms with E-state index in [0.29, 0.717) is 12.8 Å². The third kappa shape index (κ3) is 18.6. The van der Waals surface area contributed by atoms with Gasteiger partial charge in [-0.15, -0.1) is 0 Å². The summed E-state index contributed by atoms with van der Waals surface area (Å²) in [7, 11) is 0. The van der Waals surface area contributed by atoms with Crippen molar-refractivity contribution in [1.29, 1.82) is 0 Å². The summed E-state index contributed by atoms with van der Waals surface area (Å²) in [5.41, 5.74) is 0. The molecular formula is C36H65NO9. The van der Waals surface area contributed by atoms with Crippen molar-refractivity contribution in [3.63, 3.8) is 0 Å². The highest BCUT2D eigenvalue weighted by molar-refractivity contribution is 5.80. The zero-order chi connectivity index (χ0) is 34.0. The van der Waals surface area contributed by atoms with Gasteiger partial charge in [0.05, 0.1) is 25.4 Å². The van der Waals surface area contributed by atoms with Crippen molar-refractivity contribution in [2.45, 2.75) is 172 Å². The Morgan fingerprint density at radius 1 is 0.739 bits per heavy atom. The molecular weight excluding hydrogens is 590 g/mol. The minimum absolute atomic E-state index is 0.217. The van der Waals surface area contributed by atoms with E-state index in [2.05, 4.69) is 37.4 Å². The summed E-state index contributed by atoms with van der Waals surface area (Å²) in [5, 5.41) is 63.9. The smallest absolute Gasteiger partial charge is 0.249 e. The summed E-state index contributed by atoms with van der Waals surface area (Å²) in [4.78, 5) is 12.8. The van der Waals surface area contributed by atoms with Crippen LogP contribution < -0.4 is 5.32 Å². The second-order valence-electron chi connectivity index (χ2n) is 12.4. The van der Waals surface area contributed by atoms with Crippen LogP contribution in [-0.4, -0.2) is 98.7 Å². The Morgan fingerprint density at radius 3 is 1.91 bits per heavy atom. The van der Waals surface area contributed by atoms with E-state index >= 15 is 0 Å². The van der Waals surface area contributed by atoms with E-state index in [4.69, 9.17) is 9.47 Å². The lowest BCUT2D eigenvalue weighted by atomic mass is 9.99. The lowest BCUT2D eigenvalue weighted by Crippen LogP contribution is -2.60. The van der Waals surface area contributed by atoms with Crippen molar-refractivity contribution in [2.24, 2.45) is 0 Å². The maximum atomic E-state index is 12.8. The second kappa shape index (κ2) is 27.3. The second-order valence-corrected chi connectivity index (χ2v) is 12.4. The number of unbranched alkanes of at least 4 members (excludes halogenated alkanes) is 12. The van der Waals surface area contributed by atoms with Gasteiger partial charge in [-0.1, -0.05) is 108 Å². The first-order valence-electron chi connectivity index (χ1n) is 17.8. The number of amides is 1. The van der Waals surface area contributed by atoms with E-state index in [9.17, 15) is 35.4 Å². The molecule has 1 amide bonds. The summed E-state index contributed by atoms with van der Waals surface area (Å²) in [6.45, 7) is 3.45. The molecule has 8 atom stereocenters. The van der Waals surface area contributed by atoms with Crippen LogP contribution >= 0.6 is 0 Å². The molecule has 268 valence electrons. The number of nitrogens with one attached hydrogen (secondary N) is 1. The molecule has 1 fully saturated rings. The first-order chi connectivity index (χ1) is 22.3. The highest BCUT2D eigenvalue weighted by Crippen LogP contribution is 2.22. The molecule has 1 heterocycles. The molecule has 0 aromatic carbocycles. The molecule has 0 spiro atoms. The Morgan fingerprint density at radius 2 is 1.28 bits per heavy atom. The molecule has 0 aromatic heterocycles. The molecule has 8 unspecified atom stereocenters. The Labute approximate surface area is 277 Å². The maximum absolute atomic E-state index is 12.8. The van der Waals surface area contributed by atoms with E-state index in [-0.39, 0.29) is 13.0 Å². The quantitative estimate of drug-likeness (QED) is 0.0503. The van der Waals surface area contributed by atoms with Gasteiger partial charge >= 0.3 is 0 Å². The molecule has 0 aromatic rings. The monoisotopic (exact) mass is 655 g/mol. The zero-order valence-corrected chi connectivity index (χ0v) is 28.4. The van der Waals surface area contributed by atoms with Gasteiger partial charge in [0.2, 0.25) is 5.91 Å². The predicted octanol–water partition coefficient (Wildman–Crippen LogP) is 4.35. The molecule has 1 aliphatic rings. The molecule has 46 heavy (non-hydrogen) atoms. The van der Waals surface area contributed by atoms with Crippen molar-refractivity contribution in [3.8, 4) is 0 Å². The van der Waals surface area contributed by atoms with Gasteiger partial charge in [-0.2, -0.15) is 0 Å². The first kappa shape index (κ1) is 42.4. The number of hydrogen-bond donors (Lipinski definition) is 7. The summed E-state index contributed by atoms with van der Waals surface area (Å²) >= 11 is 0. The summed E-state index contributed by atoms with van der Waals surface area (Å²) in [6.07, 6.45) is 19.8. The third-order valence-electron chi connectivity index (χ3n) is 8.30. The predicted molar refractivity (Wildman–Crippen MR) is 181 cm³/mol. The van der Waals surface area contributed by atoms with Crippen LogP contribution in [0.15, 0.2) is 36.5 Å². The fraction of sp³-hybridized carbons (Fsp3) is 0.806. The molecule has 0 bridgehead atoms. The Bertz CT molecular complexity index is 834. The number of carbonyl (C=O) groups is 1. The van der Waals surface area contributed by atoms with Gasteiger partial charge in [0, 0.05) is 0 Å². The van der Waals surface area contributed by atoms with Crippen LogP contribution in [0.3, 0.4) is 0 Å². The van der Waals surface area contributed by atoms with E-state index < -0.39 is 61.5 Å². The van der Waals surface area contributed by atoms with E-state index in [1.165, 1.54) is 64.2 Å². The van der Waals surface area contributed by atoms with Gasteiger partial charge in [-0.3, -0.25) is 4.79 Å². The van der Waals surface area contributed by atoms with Gasteiger partial charge in [-0.25, -0.2) is 0 Å². The van der Waals surface area contributed by atoms with E-state index in [1.807, 2.05) is 12.2 Å². The Hall–Kier alpha value is -1.63. The highest BCUT2D eigenvalue weighted by atomic mass is 16.7. The molecule has 1 rings (SSSR count). The Kier molecular flexibility index (Phi) is 25.2. The fourth-order valence-corrected chi connectivity index (χ4v) is 5.24. The standard InChI is InChI=1S/C36H65NO9/c1-3-5-7-9-11-13-14-15-16-17-19-20-22-24-29(39)28(27-45-36-34(43)33(42)32(41)31(26-38)46-36)37-35(44)30(40)25-23-21-18-12-10-8-6-4-2/h16-18,21-22,24,28-34,36,38-43H,3-15,19-20,23,25-27H2,1-2H3,(H,37,44)/b17-16+,21-18-,24-22+. The average molecular weight is 656 g/mol. The molecule has 10 nitrogen and oxygen atoms in total. The minimum Gasteiger partial charge on any atom is -0.394 e. The average Bonchev–Trinajstić information content (AvgIpc) is 3.05. The van der Waals surface area contributed by atoms with Crippen LogP contribution in [0.5, 0.6) is 0 Å².